The molecule has 3 heterocycles. The number of pyridine rings is 1. The normalized spacial score (nSPS) is 19.9. The zero-order chi connectivity index (χ0) is 15.5. The molecule has 0 bridgehead atoms. The summed E-state index contributed by atoms with van der Waals surface area (Å²) >= 11 is 1.32. The minimum absolute atomic E-state index is 0.0874. The summed E-state index contributed by atoms with van der Waals surface area (Å²) in [4.78, 5) is 44.7. The molecule has 4 amide bonds. The lowest BCUT2D eigenvalue weighted by molar-refractivity contribution is -0.126. The molecule has 0 aliphatic carbocycles. The molecule has 0 fully saturated rings. The second kappa shape index (κ2) is 6.10. The van der Waals surface area contributed by atoms with Crippen LogP contribution in [0.4, 0.5) is 4.79 Å². The van der Waals surface area contributed by atoms with Crippen LogP contribution >= 0.6 is 11.8 Å². The summed E-state index contributed by atoms with van der Waals surface area (Å²) in [5.74, 6) is -0.643. The van der Waals surface area contributed by atoms with Gasteiger partial charge >= 0.3 is 6.03 Å². The number of amides is 4. The number of nitrogens with one attached hydrogen (secondary N) is 1. The summed E-state index contributed by atoms with van der Waals surface area (Å²) in [6, 6.07) is 4.42. The van der Waals surface area contributed by atoms with Crippen molar-refractivity contribution >= 4 is 35.3 Å². The summed E-state index contributed by atoms with van der Waals surface area (Å²) in [5, 5.41) is 3.94. The van der Waals surface area contributed by atoms with E-state index in [-0.39, 0.29) is 30.6 Å². The molecule has 1 unspecified atom stereocenters. The third-order valence-corrected chi connectivity index (χ3v) is 4.20. The predicted octanol–water partition coefficient (Wildman–Crippen LogP) is 0.844. The second-order valence-corrected chi connectivity index (χ2v) is 5.61. The van der Waals surface area contributed by atoms with Crippen LogP contribution in [0.2, 0.25) is 0 Å². The fourth-order valence-electron chi connectivity index (χ4n) is 2.11. The summed E-state index contributed by atoms with van der Waals surface area (Å²) in [6.45, 7) is 0.243. The molecule has 0 aromatic carbocycles. The zero-order valence-electron chi connectivity index (χ0n) is 11.4. The van der Waals surface area contributed by atoms with E-state index in [1.807, 2.05) is 0 Å². The number of carbonyl (C=O) groups excluding carboxylic acids is 3. The van der Waals surface area contributed by atoms with Crippen molar-refractivity contribution in [2.24, 2.45) is 4.99 Å². The standard InChI is InChI=1S/C14H12N4O3S/c19-12(10-3-1-2-5-15-10)16-6-7-18-13(20)11-9(4-8-22-11)17-14(18)21/h1-5,8,11H,6-7H2,(H,16,19). The van der Waals surface area contributed by atoms with Gasteiger partial charge in [0.05, 0.1) is 5.71 Å². The van der Waals surface area contributed by atoms with Gasteiger partial charge in [-0.3, -0.25) is 19.5 Å². The van der Waals surface area contributed by atoms with Crippen LogP contribution in [0.5, 0.6) is 0 Å². The molecule has 112 valence electrons. The van der Waals surface area contributed by atoms with E-state index in [0.29, 0.717) is 5.71 Å². The van der Waals surface area contributed by atoms with Gasteiger partial charge in [0.15, 0.2) is 0 Å². The molecule has 2 aliphatic rings. The SMILES string of the molecule is O=C(NCCN1C(=O)N=C2C=CSC2C1=O)c1ccccn1. The number of carbonyl (C=O) groups is 3. The number of urea groups is 1. The predicted molar refractivity (Wildman–Crippen MR) is 81.6 cm³/mol. The van der Waals surface area contributed by atoms with Gasteiger partial charge in [0.2, 0.25) is 5.91 Å². The van der Waals surface area contributed by atoms with Crippen LogP contribution in [0.25, 0.3) is 0 Å². The summed E-state index contributed by atoms with van der Waals surface area (Å²) < 4.78 is 0. The Hall–Kier alpha value is -2.48. The van der Waals surface area contributed by atoms with Crippen molar-refractivity contribution in [1.29, 1.82) is 0 Å². The first kappa shape index (κ1) is 14.5. The van der Waals surface area contributed by atoms with Crippen molar-refractivity contribution in [2.45, 2.75) is 5.25 Å². The van der Waals surface area contributed by atoms with Crippen molar-refractivity contribution in [2.75, 3.05) is 13.1 Å². The Labute approximate surface area is 130 Å². The lowest BCUT2D eigenvalue weighted by Crippen LogP contribution is -2.49. The highest BCUT2D eigenvalue weighted by Gasteiger charge is 2.38. The molecule has 8 heteroatoms. The van der Waals surface area contributed by atoms with E-state index in [2.05, 4.69) is 15.3 Å². The van der Waals surface area contributed by atoms with Crippen molar-refractivity contribution in [1.82, 2.24) is 15.2 Å². The van der Waals surface area contributed by atoms with Crippen LogP contribution in [-0.2, 0) is 4.79 Å². The van der Waals surface area contributed by atoms with Crippen LogP contribution in [0.1, 0.15) is 10.5 Å². The topological polar surface area (TPSA) is 91.7 Å². The summed E-state index contributed by atoms with van der Waals surface area (Å²) in [5.41, 5.74) is 0.781. The highest BCUT2D eigenvalue weighted by molar-refractivity contribution is 8.04. The molecule has 0 saturated heterocycles. The number of imide groups is 1. The largest absolute Gasteiger partial charge is 0.350 e. The smallest absolute Gasteiger partial charge is 0.349 e. The number of thioether (sulfide) groups is 1. The van der Waals surface area contributed by atoms with Gasteiger partial charge in [0.1, 0.15) is 10.9 Å². The number of aliphatic imine (C=N–C) groups is 1. The zero-order valence-corrected chi connectivity index (χ0v) is 12.2. The van der Waals surface area contributed by atoms with Gasteiger partial charge < -0.3 is 5.32 Å². The number of hydrogen-bond donors (Lipinski definition) is 1. The molecule has 0 radical (unpaired) electrons. The number of nitrogens with zero attached hydrogens (tertiary/aromatic N) is 3. The van der Waals surface area contributed by atoms with Gasteiger partial charge in [-0.15, -0.1) is 11.8 Å². The molecule has 7 nitrogen and oxygen atoms in total. The molecule has 1 N–H and O–H groups in total. The summed E-state index contributed by atoms with van der Waals surface area (Å²) in [7, 11) is 0. The molecular formula is C14H12N4O3S. The van der Waals surface area contributed by atoms with E-state index in [9.17, 15) is 14.4 Å². The minimum atomic E-state index is -0.588. The molecule has 0 saturated carbocycles. The quantitative estimate of drug-likeness (QED) is 0.889. The van der Waals surface area contributed by atoms with Crippen LogP contribution in [0.3, 0.4) is 0 Å². The molecule has 1 atom stereocenters. The number of allylic oxidation sites excluding steroid dienone is 1. The van der Waals surface area contributed by atoms with Gasteiger partial charge in [0, 0.05) is 19.3 Å². The molecular weight excluding hydrogens is 304 g/mol. The Bertz CT molecular complexity index is 687. The van der Waals surface area contributed by atoms with E-state index in [4.69, 9.17) is 0 Å². The van der Waals surface area contributed by atoms with E-state index in [1.165, 1.54) is 18.0 Å². The third kappa shape index (κ3) is 2.77. The van der Waals surface area contributed by atoms with Crippen molar-refractivity contribution in [3.63, 3.8) is 0 Å². The maximum Gasteiger partial charge on any atom is 0.350 e. The Morgan fingerprint density at radius 3 is 3.00 bits per heavy atom. The number of fused-ring (bicyclic) bond motifs is 1. The third-order valence-electron chi connectivity index (χ3n) is 3.19. The van der Waals surface area contributed by atoms with Gasteiger partial charge in [-0.25, -0.2) is 4.79 Å². The second-order valence-electron chi connectivity index (χ2n) is 4.60. The maximum absolute atomic E-state index is 12.2. The van der Waals surface area contributed by atoms with Gasteiger partial charge in [0.25, 0.3) is 5.91 Å². The lowest BCUT2D eigenvalue weighted by Gasteiger charge is -2.25. The maximum atomic E-state index is 12.2. The summed E-state index contributed by atoms with van der Waals surface area (Å²) in [6.07, 6.45) is 3.19. The van der Waals surface area contributed by atoms with Gasteiger partial charge in [-0.2, -0.15) is 4.99 Å². The first-order chi connectivity index (χ1) is 10.7. The Morgan fingerprint density at radius 1 is 1.36 bits per heavy atom. The van der Waals surface area contributed by atoms with Gasteiger partial charge in [-0.05, 0) is 23.6 Å². The van der Waals surface area contributed by atoms with Crippen molar-refractivity contribution < 1.29 is 14.4 Å². The minimum Gasteiger partial charge on any atom is -0.349 e. The highest BCUT2D eigenvalue weighted by Crippen LogP contribution is 2.27. The molecule has 1 aromatic heterocycles. The fourth-order valence-corrected chi connectivity index (χ4v) is 3.00. The van der Waals surface area contributed by atoms with Crippen LogP contribution in [-0.4, -0.2) is 51.8 Å². The lowest BCUT2D eigenvalue weighted by atomic mass is 10.2. The first-order valence-corrected chi connectivity index (χ1v) is 7.56. The Kier molecular flexibility index (Phi) is 4.01. The molecule has 3 rings (SSSR count). The number of rotatable bonds is 4. The van der Waals surface area contributed by atoms with E-state index in [0.717, 1.165) is 4.90 Å². The number of aromatic nitrogens is 1. The van der Waals surface area contributed by atoms with E-state index >= 15 is 0 Å². The van der Waals surface area contributed by atoms with Crippen molar-refractivity contribution in [3.05, 3.63) is 41.6 Å². The molecule has 1 aromatic rings. The Balaban J connectivity index is 1.57. The average Bonchev–Trinajstić information content (AvgIpc) is 2.99. The fraction of sp³-hybridized carbons (Fsp3) is 0.214. The van der Waals surface area contributed by atoms with Gasteiger partial charge in [-0.1, -0.05) is 6.07 Å². The highest BCUT2D eigenvalue weighted by atomic mass is 32.2. The molecule has 2 aliphatic heterocycles. The van der Waals surface area contributed by atoms with E-state index < -0.39 is 11.3 Å². The first-order valence-electron chi connectivity index (χ1n) is 6.62. The number of hydrogen-bond acceptors (Lipinski definition) is 5. The van der Waals surface area contributed by atoms with Crippen molar-refractivity contribution in [3.8, 4) is 0 Å². The van der Waals surface area contributed by atoms with Crippen LogP contribution in [0.15, 0.2) is 40.9 Å². The Morgan fingerprint density at radius 2 is 2.23 bits per heavy atom. The van der Waals surface area contributed by atoms with E-state index in [1.54, 1.807) is 29.7 Å². The molecule has 0 spiro atoms. The molecule has 22 heavy (non-hydrogen) atoms. The van der Waals surface area contributed by atoms with Crippen LogP contribution in [0, 0.1) is 0 Å². The monoisotopic (exact) mass is 316 g/mol. The average molecular weight is 316 g/mol. The van der Waals surface area contributed by atoms with Crippen LogP contribution < -0.4 is 5.32 Å².